The van der Waals surface area contributed by atoms with E-state index in [1.807, 2.05) is 42.2 Å². The molecule has 2 atom stereocenters. The molecule has 1 aromatic rings. The largest absolute Gasteiger partial charge is 0.492 e. The number of carbonyl (C=O) groups excluding carboxylic acids is 1. The second-order valence-electron chi connectivity index (χ2n) is 6.34. The van der Waals surface area contributed by atoms with Gasteiger partial charge in [0, 0.05) is 39.3 Å². The first-order valence-electron chi connectivity index (χ1n) is 8.78. The molecule has 0 aromatic heterocycles. The van der Waals surface area contributed by atoms with Gasteiger partial charge in [-0.15, -0.1) is 0 Å². The van der Waals surface area contributed by atoms with Crippen LogP contribution in [-0.4, -0.2) is 80.3 Å². The van der Waals surface area contributed by atoms with Gasteiger partial charge in [0.25, 0.3) is 0 Å². The second kappa shape index (κ2) is 8.46. The standard InChI is InChI=1S/C18H27N3O3/c1-15-17(19-7-13-23-15)18(22)21-10-8-20(9-11-21)12-14-24-16-5-3-2-4-6-16/h2-6,15,17,19H,7-14H2,1H3/t15-,17+/m1/s1. The third-order valence-electron chi connectivity index (χ3n) is 4.69. The van der Waals surface area contributed by atoms with E-state index in [9.17, 15) is 4.79 Å². The zero-order valence-corrected chi connectivity index (χ0v) is 14.3. The number of nitrogens with one attached hydrogen (secondary N) is 1. The predicted octanol–water partition coefficient (Wildman–Crippen LogP) is 0.587. The maximum Gasteiger partial charge on any atom is 0.242 e. The van der Waals surface area contributed by atoms with E-state index in [1.54, 1.807) is 0 Å². The Hall–Kier alpha value is -1.63. The van der Waals surface area contributed by atoms with Gasteiger partial charge in [-0.25, -0.2) is 0 Å². The van der Waals surface area contributed by atoms with Crippen LogP contribution in [0.5, 0.6) is 5.75 Å². The molecule has 6 heteroatoms. The first kappa shape index (κ1) is 17.2. The second-order valence-corrected chi connectivity index (χ2v) is 6.34. The fourth-order valence-corrected chi connectivity index (χ4v) is 3.21. The normalized spacial score (nSPS) is 25.5. The SMILES string of the molecule is C[C@H]1OCCN[C@@H]1C(=O)N1CCN(CCOc2ccccc2)CC1. The smallest absolute Gasteiger partial charge is 0.242 e. The summed E-state index contributed by atoms with van der Waals surface area (Å²) in [4.78, 5) is 16.9. The lowest BCUT2D eigenvalue weighted by Crippen LogP contribution is -2.59. The van der Waals surface area contributed by atoms with Gasteiger partial charge >= 0.3 is 0 Å². The number of morpholine rings is 1. The average Bonchev–Trinajstić information content (AvgIpc) is 2.63. The third-order valence-corrected chi connectivity index (χ3v) is 4.69. The highest BCUT2D eigenvalue weighted by Gasteiger charge is 2.33. The van der Waals surface area contributed by atoms with Gasteiger partial charge < -0.3 is 19.7 Å². The molecule has 0 bridgehead atoms. The van der Waals surface area contributed by atoms with Crippen LogP contribution in [0.4, 0.5) is 0 Å². The molecule has 0 radical (unpaired) electrons. The van der Waals surface area contributed by atoms with Crippen LogP contribution in [-0.2, 0) is 9.53 Å². The molecule has 2 heterocycles. The van der Waals surface area contributed by atoms with Crippen LogP contribution in [0.3, 0.4) is 0 Å². The Bertz CT molecular complexity index is 518. The molecule has 1 N–H and O–H groups in total. The van der Waals surface area contributed by atoms with Crippen LogP contribution in [0.25, 0.3) is 0 Å². The third kappa shape index (κ3) is 4.47. The summed E-state index contributed by atoms with van der Waals surface area (Å²) in [5.41, 5.74) is 0. The molecule has 2 aliphatic heterocycles. The molecular weight excluding hydrogens is 306 g/mol. The maximum absolute atomic E-state index is 12.6. The Morgan fingerprint density at radius 1 is 1.25 bits per heavy atom. The summed E-state index contributed by atoms with van der Waals surface area (Å²) in [7, 11) is 0. The molecule has 0 saturated carbocycles. The summed E-state index contributed by atoms with van der Waals surface area (Å²) in [6.45, 7) is 8.29. The van der Waals surface area contributed by atoms with Crippen molar-refractivity contribution in [3.05, 3.63) is 30.3 Å². The van der Waals surface area contributed by atoms with E-state index in [0.29, 0.717) is 13.2 Å². The van der Waals surface area contributed by atoms with E-state index >= 15 is 0 Å². The van der Waals surface area contributed by atoms with Crippen molar-refractivity contribution in [1.29, 1.82) is 0 Å². The number of hydrogen-bond acceptors (Lipinski definition) is 5. The van der Waals surface area contributed by atoms with Gasteiger partial charge in [0.05, 0.1) is 12.7 Å². The van der Waals surface area contributed by atoms with Crippen LogP contribution < -0.4 is 10.1 Å². The minimum Gasteiger partial charge on any atom is -0.492 e. The molecule has 0 spiro atoms. The number of benzene rings is 1. The topological polar surface area (TPSA) is 54.0 Å². The fraction of sp³-hybridized carbons (Fsp3) is 0.611. The van der Waals surface area contributed by atoms with E-state index in [4.69, 9.17) is 9.47 Å². The molecule has 0 aliphatic carbocycles. The van der Waals surface area contributed by atoms with Crippen molar-refractivity contribution < 1.29 is 14.3 Å². The highest BCUT2D eigenvalue weighted by Crippen LogP contribution is 2.11. The minimum atomic E-state index is -0.202. The van der Waals surface area contributed by atoms with Crippen molar-refractivity contribution in [2.45, 2.75) is 19.1 Å². The predicted molar refractivity (Wildman–Crippen MR) is 92.2 cm³/mol. The Morgan fingerprint density at radius 2 is 2.00 bits per heavy atom. The van der Waals surface area contributed by atoms with Crippen LogP contribution in [0.2, 0.25) is 0 Å². The van der Waals surface area contributed by atoms with E-state index in [2.05, 4.69) is 10.2 Å². The van der Waals surface area contributed by atoms with Crippen molar-refractivity contribution in [1.82, 2.24) is 15.1 Å². The molecule has 2 fully saturated rings. The summed E-state index contributed by atoms with van der Waals surface area (Å²) >= 11 is 0. The molecule has 2 aliphatic rings. The summed E-state index contributed by atoms with van der Waals surface area (Å²) in [6.07, 6.45) is -0.0523. The van der Waals surface area contributed by atoms with Crippen molar-refractivity contribution in [3.8, 4) is 5.75 Å². The number of ether oxygens (including phenoxy) is 2. The first-order valence-corrected chi connectivity index (χ1v) is 8.78. The van der Waals surface area contributed by atoms with Gasteiger partial charge in [0.1, 0.15) is 18.4 Å². The Balaban J connectivity index is 1.38. The quantitative estimate of drug-likeness (QED) is 0.855. The number of rotatable bonds is 5. The molecule has 0 unspecified atom stereocenters. The van der Waals surface area contributed by atoms with Gasteiger partial charge in [-0.05, 0) is 19.1 Å². The Morgan fingerprint density at radius 3 is 2.71 bits per heavy atom. The zero-order valence-electron chi connectivity index (χ0n) is 14.3. The molecular formula is C18H27N3O3. The van der Waals surface area contributed by atoms with Gasteiger partial charge in [-0.1, -0.05) is 18.2 Å². The van der Waals surface area contributed by atoms with Crippen molar-refractivity contribution in [2.24, 2.45) is 0 Å². The number of amides is 1. The molecule has 1 aromatic carbocycles. The lowest BCUT2D eigenvalue weighted by molar-refractivity contribution is -0.141. The van der Waals surface area contributed by atoms with E-state index in [1.165, 1.54) is 0 Å². The van der Waals surface area contributed by atoms with Gasteiger partial charge in [-0.2, -0.15) is 0 Å². The summed E-state index contributed by atoms with van der Waals surface area (Å²) in [5, 5.41) is 3.28. The highest BCUT2D eigenvalue weighted by atomic mass is 16.5. The van der Waals surface area contributed by atoms with E-state index in [0.717, 1.165) is 45.0 Å². The van der Waals surface area contributed by atoms with Crippen molar-refractivity contribution in [2.75, 3.05) is 52.5 Å². The Kier molecular flexibility index (Phi) is 6.07. The van der Waals surface area contributed by atoms with Crippen LogP contribution >= 0.6 is 0 Å². The van der Waals surface area contributed by atoms with Gasteiger partial charge in [0.15, 0.2) is 0 Å². The Labute approximate surface area is 143 Å². The fourth-order valence-electron chi connectivity index (χ4n) is 3.21. The number of carbonyl (C=O) groups is 1. The van der Waals surface area contributed by atoms with Crippen LogP contribution in [0.1, 0.15) is 6.92 Å². The summed E-state index contributed by atoms with van der Waals surface area (Å²) in [6, 6.07) is 9.67. The molecule has 24 heavy (non-hydrogen) atoms. The number of nitrogens with zero attached hydrogens (tertiary/aromatic N) is 2. The van der Waals surface area contributed by atoms with Gasteiger partial charge in [0.2, 0.25) is 5.91 Å². The van der Waals surface area contributed by atoms with E-state index < -0.39 is 0 Å². The molecule has 2 saturated heterocycles. The average molecular weight is 333 g/mol. The number of para-hydroxylation sites is 1. The van der Waals surface area contributed by atoms with Crippen LogP contribution in [0.15, 0.2) is 30.3 Å². The minimum absolute atomic E-state index is 0.0523. The van der Waals surface area contributed by atoms with E-state index in [-0.39, 0.29) is 18.1 Å². The monoisotopic (exact) mass is 333 g/mol. The zero-order chi connectivity index (χ0) is 16.8. The lowest BCUT2D eigenvalue weighted by Gasteiger charge is -2.38. The molecule has 132 valence electrons. The first-order chi connectivity index (χ1) is 11.7. The summed E-state index contributed by atoms with van der Waals surface area (Å²) in [5.74, 6) is 1.08. The highest BCUT2D eigenvalue weighted by molar-refractivity contribution is 5.82. The maximum atomic E-state index is 12.6. The van der Waals surface area contributed by atoms with Gasteiger partial charge in [-0.3, -0.25) is 9.69 Å². The number of piperazine rings is 1. The van der Waals surface area contributed by atoms with Crippen molar-refractivity contribution in [3.63, 3.8) is 0 Å². The van der Waals surface area contributed by atoms with Crippen LogP contribution in [0, 0.1) is 0 Å². The summed E-state index contributed by atoms with van der Waals surface area (Å²) < 4.78 is 11.3. The number of hydrogen-bond donors (Lipinski definition) is 1. The molecule has 1 amide bonds. The van der Waals surface area contributed by atoms with Crippen molar-refractivity contribution >= 4 is 5.91 Å². The lowest BCUT2D eigenvalue weighted by atomic mass is 10.1. The molecule has 6 nitrogen and oxygen atoms in total. The molecule has 3 rings (SSSR count).